The maximum Gasteiger partial charge on any atom is 0.160 e. The van der Waals surface area contributed by atoms with Gasteiger partial charge in [0.2, 0.25) is 0 Å². The highest BCUT2D eigenvalue weighted by molar-refractivity contribution is 5.85. The molecule has 5 nitrogen and oxygen atoms in total. The fraction of sp³-hybridized carbons (Fsp3) is 0.500. The van der Waals surface area contributed by atoms with Gasteiger partial charge < -0.3 is 15.2 Å². The predicted octanol–water partition coefficient (Wildman–Crippen LogP) is 2.10. The van der Waals surface area contributed by atoms with Gasteiger partial charge in [0.25, 0.3) is 0 Å². The SMILES string of the molecule is COc1ccc([C@@H](CC#N)N2CCNCC2)cc1O.Cl.Cl. The molecule has 0 aliphatic carbocycles. The van der Waals surface area contributed by atoms with Crippen molar-refractivity contribution in [1.29, 1.82) is 5.26 Å². The van der Waals surface area contributed by atoms with Crippen molar-refractivity contribution >= 4 is 24.8 Å². The van der Waals surface area contributed by atoms with E-state index in [2.05, 4.69) is 16.3 Å². The van der Waals surface area contributed by atoms with Crippen LogP contribution in [-0.2, 0) is 0 Å². The fourth-order valence-corrected chi connectivity index (χ4v) is 2.45. The summed E-state index contributed by atoms with van der Waals surface area (Å²) >= 11 is 0. The lowest BCUT2D eigenvalue weighted by Gasteiger charge is -2.34. The lowest BCUT2D eigenvalue weighted by atomic mass is 10.0. The van der Waals surface area contributed by atoms with Gasteiger partial charge in [0.15, 0.2) is 11.5 Å². The molecule has 0 spiro atoms. The highest BCUT2D eigenvalue weighted by atomic mass is 35.5. The maximum atomic E-state index is 9.87. The molecule has 0 radical (unpaired) electrons. The van der Waals surface area contributed by atoms with Gasteiger partial charge in [-0.3, -0.25) is 4.90 Å². The van der Waals surface area contributed by atoms with Gasteiger partial charge in [0, 0.05) is 32.2 Å². The van der Waals surface area contributed by atoms with Crippen LogP contribution in [0, 0.1) is 11.3 Å². The largest absolute Gasteiger partial charge is 0.504 e. The Morgan fingerprint density at radius 2 is 2.05 bits per heavy atom. The fourth-order valence-electron chi connectivity index (χ4n) is 2.45. The van der Waals surface area contributed by atoms with Gasteiger partial charge >= 0.3 is 0 Å². The van der Waals surface area contributed by atoms with E-state index < -0.39 is 0 Å². The Balaban J connectivity index is 0.00000200. The van der Waals surface area contributed by atoms with Crippen molar-refractivity contribution in [2.24, 2.45) is 0 Å². The molecule has 1 aromatic carbocycles. The summed E-state index contributed by atoms with van der Waals surface area (Å²) in [7, 11) is 1.53. The Labute approximate surface area is 137 Å². The smallest absolute Gasteiger partial charge is 0.160 e. The number of piperazine rings is 1. The molecule has 21 heavy (non-hydrogen) atoms. The van der Waals surface area contributed by atoms with Crippen molar-refractivity contribution in [3.8, 4) is 17.6 Å². The number of ether oxygens (including phenoxy) is 1. The highest BCUT2D eigenvalue weighted by Crippen LogP contribution is 2.32. The molecule has 1 atom stereocenters. The van der Waals surface area contributed by atoms with Crippen LogP contribution in [0.3, 0.4) is 0 Å². The topological polar surface area (TPSA) is 68.5 Å². The summed E-state index contributed by atoms with van der Waals surface area (Å²) in [4.78, 5) is 2.28. The van der Waals surface area contributed by atoms with Crippen LogP contribution in [0.25, 0.3) is 0 Å². The minimum Gasteiger partial charge on any atom is -0.504 e. The summed E-state index contributed by atoms with van der Waals surface area (Å²) < 4.78 is 5.05. The molecule has 1 heterocycles. The predicted molar refractivity (Wildman–Crippen MR) is 86.6 cm³/mol. The van der Waals surface area contributed by atoms with Gasteiger partial charge in [0.1, 0.15) is 0 Å². The molecule has 2 N–H and O–H groups in total. The number of aromatic hydroxyl groups is 1. The van der Waals surface area contributed by atoms with E-state index in [9.17, 15) is 5.11 Å². The van der Waals surface area contributed by atoms with E-state index in [0.29, 0.717) is 12.2 Å². The minimum absolute atomic E-state index is 0. The molecule has 118 valence electrons. The second-order valence-electron chi connectivity index (χ2n) is 4.60. The van der Waals surface area contributed by atoms with Crippen LogP contribution in [0.15, 0.2) is 18.2 Å². The highest BCUT2D eigenvalue weighted by Gasteiger charge is 2.22. The monoisotopic (exact) mass is 333 g/mol. The Morgan fingerprint density at radius 3 is 2.57 bits per heavy atom. The molecule has 2 rings (SSSR count). The number of methoxy groups -OCH3 is 1. The van der Waals surface area contributed by atoms with Crippen molar-refractivity contribution in [3.05, 3.63) is 23.8 Å². The van der Waals surface area contributed by atoms with E-state index in [1.165, 1.54) is 7.11 Å². The van der Waals surface area contributed by atoms with E-state index in [4.69, 9.17) is 10.00 Å². The summed E-state index contributed by atoms with van der Waals surface area (Å²) in [5.41, 5.74) is 0.960. The average Bonchev–Trinajstić information content (AvgIpc) is 2.45. The lowest BCUT2D eigenvalue weighted by molar-refractivity contribution is 0.175. The number of nitrogens with one attached hydrogen (secondary N) is 1. The van der Waals surface area contributed by atoms with Crippen molar-refractivity contribution in [1.82, 2.24) is 10.2 Å². The molecule has 7 heteroatoms. The van der Waals surface area contributed by atoms with E-state index >= 15 is 0 Å². The van der Waals surface area contributed by atoms with Crippen LogP contribution in [0.2, 0.25) is 0 Å². The number of hydrogen-bond donors (Lipinski definition) is 2. The Bertz CT molecular complexity index is 474. The average molecular weight is 334 g/mol. The zero-order valence-corrected chi connectivity index (χ0v) is 13.5. The van der Waals surface area contributed by atoms with Gasteiger partial charge in [-0.1, -0.05) is 6.07 Å². The number of halogens is 2. The lowest BCUT2D eigenvalue weighted by Crippen LogP contribution is -2.45. The summed E-state index contributed by atoms with van der Waals surface area (Å²) in [6.07, 6.45) is 0.422. The Morgan fingerprint density at radius 1 is 1.38 bits per heavy atom. The summed E-state index contributed by atoms with van der Waals surface area (Å²) in [6, 6.07) is 7.63. The Hall–Kier alpha value is -1.19. The number of benzene rings is 1. The second kappa shape index (κ2) is 9.69. The zero-order chi connectivity index (χ0) is 13.7. The first-order valence-electron chi connectivity index (χ1n) is 6.45. The van der Waals surface area contributed by atoms with Crippen molar-refractivity contribution < 1.29 is 9.84 Å². The number of hydrogen-bond acceptors (Lipinski definition) is 5. The third-order valence-corrected chi connectivity index (χ3v) is 3.46. The molecule has 0 unspecified atom stereocenters. The molecule has 1 aliphatic heterocycles. The first-order valence-corrected chi connectivity index (χ1v) is 6.45. The molecule has 0 bridgehead atoms. The standard InChI is InChI=1S/C14H19N3O2.2ClH/c1-19-14-3-2-11(10-13(14)18)12(4-5-15)17-8-6-16-7-9-17;;/h2-3,10,12,16,18H,4,6-9H2,1H3;2*1H/t12-;;/m1../s1. The van der Waals surface area contributed by atoms with Gasteiger partial charge in [-0.05, 0) is 17.7 Å². The van der Waals surface area contributed by atoms with Crippen LogP contribution in [0.5, 0.6) is 11.5 Å². The maximum absolute atomic E-state index is 9.87. The second-order valence-corrected chi connectivity index (χ2v) is 4.60. The molecule has 1 fully saturated rings. The van der Waals surface area contributed by atoms with Gasteiger partial charge in [-0.2, -0.15) is 5.26 Å². The third-order valence-electron chi connectivity index (χ3n) is 3.46. The van der Waals surface area contributed by atoms with Gasteiger partial charge in [-0.25, -0.2) is 0 Å². The van der Waals surface area contributed by atoms with E-state index in [0.717, 1.165) is 31.7 Å². The van der Waals surface area contributed by atoms with Gasteiger partial charge in [-0.15, -0.1) is 24.8 Å². The minimum atomic E-state index is 0. The van der Waals surface area contributed by atoms with Crippen LogP contribution >= 0.6 is 24.8 Å². The molecular weight excluding hydrogens is 313 g/mol. The molecule has 1 aromatic rings. The number of phenols is 1. The quantitative estimate of drug-likeness (QED) is 0.883. The van der Waals surface area contributed by atoms with Crippen LogP contribution in [0.1, 0.15) is 18.0 Å². The van der Waals surface area contributed by atoms with Crippen LogP contribution in [0.4, 0.5) is 0 Å². The molecule has 0 aromatic heterocycles. The summed E-state index contributed by atoms with van der Waals surface area (Å²) in [6.45, 7) is 3.70. The number of rotatable bonds is 4. The zero-order valence-electron chi connectivity index (χ0n) is 11.9. The third kappa shape index (κ3) is 4.94. The number of phenolic OH excluding ortho intramolecular Hbond substituents is 1. The molecular formula is C14H21Cl2N3O2. The molecule has 1 saturated heterocycles. The van der Waals surface area contributed by atoms with Gasteiger partial charge in [0.05, 0.1) is 19.6 Å². The Kier molecular flexibility index (Phi) is 9.14. The molecule has 1 aliphatic rings. The van der Waals surface area contributed by atoms with E-state index in [-0.39, 0.29) is 36.6 Å². The van der Waals surface area contributed by atoms with E-state index in [1.807, 2.05) is 6.07 Å². The van der Waals surface area contributed by atoms with Crippen molar-refractivity contribution in [3.63, 3.8) is 0 Å². The van der Waals surface area contributed by atoms with Crippen molar-refractivity contribution in [2.75, 3.05) is 33.3 Å². The number of nitriles is 1. The van der Waals surface area contributed by atoms with Crippen LogP contribution in [-0.4, -0.2) is 43.3 Å². The first-order chi connectivity index (χ1) is 9.26. The summed E-state index contributed by atoms with van der Waals surface area (Å²) in [5.74, 6) is 0.581. The summed E-state index contributed by atoms with van der Waals surface area (Å²) in [5, 5.41) is 22.2. The van der Waals surface area contributed by atoms with Crippen molar-refractivity contribution in [2.45, 2.75) is 12.5 Å². The normalized spacial score (nSPS) is 16.0. The van der Waals surface area contributed by atoms with E-state index in [1.54, 1.807) is 12.1 Å². The first kappa shape index (κ1) is 19.8. The van der Waals surface area contributed by atoms with Crippen LogP contribution < -0.4 is 10.1 Å². The number of nitrogens with zero attached hydrogens (tertiary/aromatic N) is 2. The molecule has 0 saturated carbocycles. The molecule has 0 amide bonds.